The van der Waals surface area contributed by atoms with Gasteiger partial charge in [0.25, 0.3) is 0 Å². The molecule has 0 radical (unpaired) electrons. The fourth-order valence-electron chi connectivity index (χ4n) is 0. The van der Waals surface area contributed by atoms with Gasteiger partial charge in [-0.3, -0.25) is 0 Å². The first kappa shape index (κ1) is 3.40. The maximum Gasteiger partial charge on any atom is 0.228 e. The van der Waals surface area contributed by atoms with Crippen LogP contribution in [-0.2, 0) is 0 Å². The third-order valence-corrected chi connectivity index (χ3v) is 0. The van der Waals surface area contributed by atoms with Crippen molar-refractivity contribution in [1.29, 1.82) is 0 Å². The summed E-state index contributed by atoms with van der Waals surface area (Å²) in [5.41, 5.74) is 0. The average molecular weight is 63.0 g/mol. The molecular formula is CFO2-. The van der Waals surface area contributed by atoms with E-state index >= 15 is 0 Å². The Labute approximate surface area is 21.9 Å². The Bertz CT molecular complexity index is 29.0. The molecule has 0 spiro atoms. The zero-order valence-corrected chi connectivity index (χ0v) is 1.69. The molecule has 0 amide bonds. The summed E-state index contributed by atoms with van der Waals surface area (Å²) in [5, 5.41) is 8.22. The highest BCUT2D eigenvalue weighted by atomic mass is 19.1. The lowest BCUT2D eigenvalue weighted by Gasteiger charge is -1.70. The molecular weight excluding hydrogens is 63.0 g/mol. The molecule has 0 atom stereocenters. The average Bonchev–Trinajstić information content (AvgIpc) is 0.811. The molecule has 0 aliphatic carbocycles. The molecule has 0 rings (SSSR count). The Kier molecular flexibility index (Phi) is 0.694. The molecule has 0 heterocycles. The van der Waals surface area contributed by atoms with Crippen molar-refractivity contribution in [3.8, 4) is 0 Å². The van der Waals surface area contributed by atoms with E-state index in [1.807, 2.05) is 0 Å². The minimum Gasteiger partial charge on any atom is -0.520 e. The van der Waals surface area contributed by atoms with Gasteiger partial charge in [-0.1, -0.05) is 0 Å². The maximum atomic E-state index is 9.81. The van der Waals surface area contributed by atoms with Crippen LogP contribution in [0.25, 0.3) is 0 Å². The molecule has 3 heteroatoms. The Hall–Kier alpha value is -0.600. The van der Waals surface area contributed by atoms with E-state index in [0.29, 0.717) is 0 Å². The first-order valence-corrected chi connectivity index (χ1v) is 0.597. The summed E-state index contributed by atoms with van der Waals surface area (Å²) in [6, 6.07) is 0. The van der Waals surface area contributed by atoms with Gasteiger partial charge in [-0.15, -0.1) is 0 Å². The van der Waals surface area contributed by atoms with Crippen LogP contribution in [0, 0.1) is 0 Å². The van der Waals surface area contributed by atoms with Gasteiger partial charge < -0.3 is 9.90 Å². The highest BCUT2D eigenvalue weighted by molar-refractivity contribution is 5.51. The van der Waals surface area contributed by atoms with Gasteiger partial charge in [-0.2, -0.15) is 4.39 Å². The summed E-state index contributed by atoms with van der Waals surface area (Å²) in [6.45, 7) is 0. The minimum atomic E-state index is -2.58. The van der Waals surface area contributed by atoms with E-state index in [9.17, 15) is 4.39 Å². The van der Waals surface area contributed by atoms with Crippen LogP contribution >= 0.6 is 0 Å². The van der Waals surface area contributed by atoms with E-state index in [-0.39, 0.29) is 0 Å². The molecule has 0 saturated carbocycles. The fourth-order valence-corrected chi connectivity index (χ4v) is 0. The third-order valence-electron chi connectivity index (χ3n) is 0. The van der Waals surface area contributed by atoms with Gasteiger partial charge in [0.1, 0.15) is 0 Å². The molecule has 4 heavy (non-hydrogen) atoms. The summed E-state index contributed by atoms with van der Waals surface area (Å²) < 4.78 is 9.81. The van der Waals surface area contributed by atoms with E-state index in [1.54, 1.807) is 0 Å². The lowest BCUT2D eigenvalue weighted by molar-refractivity contribution is -0.264. The number of carboxylic acid groups (broad SMARTS) is 1. The number of carbonyl (C=O) groups excluding carboxylic acids is 1. The second-order valence-corrected chi connectivity index (χ2v) is 0.238. The number of rotatable bonds is 0. The number of hydrogen-bond donors (Lipinski definition) is 0. The van der Waals surface area contributed by atoms with Crippen LogP contribution in [0.5, 0.6) is 0 Å². The molecule has 0 aromatic carbocycles. The first-order chi connectivity index (χ1) is 1.73. The zero-order chi connectivity index (χ0) is 3.58. The van der Waals surface area contributed by atoms with Gasteiger partial charge in [-0.05, 0) is 0 Å². The van der Waals surface area contributed by atoms with E-state index in [2.05, 4.69) is 0 Å². The van der Waals surface area contributed by atoms with Crippen molar-refractivity contribution in [2.24, 2.45) is 0 Å². The largest absolute Gasteiger partial charge is 0.520 e. The molecule has 24 valence electrons. The van der Waals surface area contributed by atoms with Gasteiger partial charge in [-0.25, -0.2) is 0 Å². The molecule has 2 nitrogen and oxygen atoms in total. The predicted molar refractivity (Wildman–Crippen MR) is 6.50 cm³/mol. The van der Waals surface area contributed by atoms with Crippen molar-refractivity contribution < 1.29 is 14.3 Å². The summed E-state index contributed by atoms with van der Waals surface area (Å²) in [7, 11) is 0. The predicted octanol–water partition coefficient (Wildman–Crippen LogP) is -0.701. The quantitative estimate of drug-likeness (QED) is 0.349. The van der Waals surface area contributed by atoms with Crippen LogP contribution in [-0.4, -0.2) is 6.22 Å². The fraction of sp³-hybridized carbons (Fsp3) is 0. The van der Waals surface area contributed by atoms with E-state index in [1.165, 1.54) is 0 Å². The van der Waals surface area contributed by atoms with Crippen LogP contribution in [0.4, 0.5) is 9.18 Å². The third kappa shape index (κ3) is 0.622. The van der Waals surface area contributed by atoms with E-state index in [0.717, 1.165) is 0 Å². The monoisotopic (exact) mass is 63.0 g/mol. The number of hydrogen-bond acceptors (Lipinski definition) is 2. The molecule has 0 aromatic heterocycles. The second kappa shape index (κ2) is 0.817. The van der Waals surface area contributed by atoms with Crippen molar-refractivity contribution in [3.05, 3.63) is 0 Å². The van der Waals surface area contributed by atoms with Crippen LogP contribution in [0.15, 0.2) is 0 Å². The maximum absolute atomic E-state index is 9.81. The Morgan fingerprint density at radius 3 is 2.00 bits per heavy atom. The highest BCUT2D eigenvalue weighted by Crippen LogP contribution is 1.50. The van der Waals surface area contributed by atoms with Gasteiger partial charge in [0, 0.05) is 0 Å². The summed E-state index contributed by atoms with van der Waals surface area (Å²) in [4.78, 5) is 8.22. The first-order valence-electron chi connectivity index (χ1n) is 0.597. The number of halogens is 1. The highest BCUT2D eigenvalue weighted by Gasteiger charge is 1.54. The Morgan fingerprint density at radius 2 is 2.00 bits per heavy atom. The van der Waals surface area contributed by atoms with Crippen LogP contribution in [0.2, 0.25) is 0 Å². The zero-order valence-electron chi connectivity index (χ0n) is 1.69. The Balaban J connectivity index is 2.80. The van der Waals surface area contributed by atoms with E-state index in [4.69, 9.17) is 9.90 Å². The second-order valence-electron chi connectivity index (χ2n) is 0.238. The molecule has 0 saturated heterocycles. The molecule has 0 aliphatic rings. The lowest BCUT2D eigenvalue weighted by Crippen LogP contribution is -2.12. The SMILES string of the molecule is O=C([O-])F. The molecule has 0 bridgehead atoms. The van der Waals surface area contributed by atoms with Crippen molar-refractivity contribution in [2.45, 2.75) is 0 Å². The van der Waals surface area contributed by atoms with Gasteiger partial charge in [0.2, 0.25) is 6.22 Å². The summed E-state index contributed by atoms with van der Waals surface area (Å²) in [6.07, 6.45) is -2.58. The van der Waals surface area contributed by atoms with Crippen LogP contribution in [0.3, 0.4) is 0 Å². The lowest BCUT2D eigenvalue weighted by atomic mass is 11.5. The topological polar surface area (TPSA) is 40.1 Å². The van der Waals surface area contributed by atoms with Gasteiger partial charge in [0.15, 0.2) is 0 Å². The molecule has 0 aromatic rings. The molecule has 0 fully saturated rings. The Morgan fingerprint density at radius 1 is 2.00 bits per heavy atom. The van der Waals surface area contributed by atoms with E-state index < -0.39 is 6.22 Å². The van der Waals surface area contributed by atoms with Gasteiger partial charge in [0.05, 0.1) is 0 Å². The molecule has 0 unspecified atom stereocenters. The normalized spacial score (nSPS) is 6.25. The van der Waals surface area contributed by atoms with Crippen LogP contribution in [0.1, 0.15) is 0 Å². The smallest absolute Gasteiger partial charge is 0.228 e. The standard InChI is InChI=1S/CHFO2/c2-1(3)4/h(H,3,4)/p-1. The van der Waals surface area contributed by atoms with Crippen LogP contribution < -0.4 is 5.11 Å². The van der Waals surface area contributed by atoms with Crippen molar-refractivity contribution in [1.82, 2.24) is 0 Å². The molecule has 0 aliphatic heterocycles. The van der Waals surface area contributed by atoms with Gasteiger partial charge >= 0.3 is 0 Å². The summed E-state index contributed by atoms with van der Waals surface area (Å²) in [5.74, 6) is 0. The van der Waals surface area contributed by atoms with Crippen molar-refractivity contribution >= 4 is 6.22 Å². The minimum absolute atomic E-state index is 2.58. The number of carbonyl (C=O) groups is 1. The molecule has 0 N–H and O–H groups in total. The van der Waals surface area contributed by atoms with Crippen molar-refractivity contribution in [3.63, 3.8) is 0 Å². The summed E-state index contributed by atoms with van der Waals surface area (Å²) >= 11 is 0. The van der Waals surface area contributed by atoms with Crippen molar-refractivity contribution in [2.75, 3.05) is 0 Å².